The summed E-state index contributed by atoms with van der Waals surface area (Å²) in [7, 11) is 1.64. The van der Waals surface area contributed by atoms with Gasteiger partial charge in [-0.3, -0.25) is 4.79 Å². The van der Waals surface area contributed by atoms with Crippen molar-refractivity contribution in [2.45, 2.75) is 38.3 Å². The second kappa shape index (κ2) is 8.61. The van der Waals surface area contributed by atoms with Crippen LogP contribution < -0.4 is 15.4 Å². The molecule has 1 aromatic rings. The number of methoxy groups -OCH3 is 1. The molecule has 1 aromatic carbocycles. The summed E-state index contributed by atoms with van der Waals surface area (Å²) in [6.07, 6.45) is 3.20. The van der Waals surface area contributed by atoms with Gasteiger partial charge in [0.1, 0.15) is 5.75 Å². The lowest BCUT2D eigenvalue weighted by atomic mass is 10.0. The molecule has 21 heavy (non-hydrogen) atoms. The van der Waals surface area contributed by atoms with Crippen LogP contribution in [0.1, 0.15) is 37.8 Å². The number of hydrogen-bond donors (Lipinski definition) is 2. The van der Waals surface area contributed by atoms with Crippen LogP contribution in [-0.2, 0) is 4.79 Å². The lowest BCUT2D eigenvalue weighted by molar-refractivity contribution is -0.124. The third-order valence-corrected chi connectivity index (χ3v) is 4.28. The highest BCUT2D eigenvalue weighted by Gasteiger charge is 2.22. The van der Waals surface area contributed by atoms with Crippen LogP contribution in [0.15, 0.2) is 22.7 Å². The summed E-state index contributed by atoms with van der Waals surface area (Å²) in [6, 6.07) is 5.79. The molecule has 1 aliphatic rings. The summed E-state index contributed by atoms with van der Waals surface area (Å²) < 4.78 is 6.11. The van der Waals surface area contributed by atoms with E-state index in [-0.39, 0.29) is 30.4 Å². The van der Waals surface area contributed by atoms with Gasteiger partial charge in [0.15, 0.2) is 0 Å². The molecule has 1 heterocycles. The number of halogens is 2. The van der Waals surface area contributed by atoms with Crippen molar-refractivity contribution >= 4 is 34.2 Å². The van der Waals surface area contributed by atoms with Crippen LogP contribution in [0.4, 0.5) is 0 Å². The van der Waals surface area contributed by atoms with Gasteiger partial charge >= 0.3 is 0 Å². The van der Waals surface area contributed by atoms with Crippen molar-refractivity contribution < 1.29 is 9.53 Å². The molecule has 2 rings (SSSR count). The molecular weight excluding hydrogens is 356 g/mol. The van der Waals surface area contributed by atoms with Gasteiger partial charge in [0, 0.05) is 0 Å². The van der Waals surface area contributed by atoms with Crippen LogP contribution in [0.5, 0.6) is 5.75 Å². The van der Waals surface area contributed by atoms with E-state index in [2.05, 4.69) is 26.6 Å². The zero-order valence-electron chi connectivity index (χ0n) is 12.3. The molecule has 1 unspecified atom stereocenters. The van der Waals surface area contributed by atoms with Crippen molar-refractivity contribution in [3.05, 3.63) is 28.2 Å². The number of piperidine rings is 1. The molecule has 0 aliphatic carbocycles. The Bertz CT molecular complexity index is 479. The van der Waals surface area contributed by atoms with E-state index >= 15 is 0 Å². The van der Waals surface area contributed by atoms with Gasteiger partial charge in [-0.2, -0.15) is 0 Å². The zero-order valence-corrected chi connectivity index (χ0v) is 14.7. The standard InChI is InChI=1S/C15H21BrN2O2.ClH/c1-10(11-6-7-14(20-2)12(16)9-11)18-15(19)13-5-3-4-8-17-13;/h6-7,9-10,13,17H,3-5,8H2,1-2H3,(H,18,19);1H/t10?,13-;/m0./s1. The van der Waals surface area contributed by atoms with Crippen LogP contribution in [-0.4, -0.2) is 25.6 Å². The van der Waals surface area contributed by atoms with Gasteiger partial charge in [-0.1, -0.05) is 12.5 Å². The first kappa shape index (κ1) is 18.3. The van der Waals surface area contributed by atoms with E-state index in [4.69, 9.17) is 4.74 Å². The smallest absolute Gasteiger partial charge is 0.237 e. The van der Waals surface area contributed by atoms with Crippen LogP contribution in [0.3, 0.4) is 0 Å². The SMILES string of the molecule is COc1ccc(C(C)NC(=O)[C@@H]2CCCCN2)cc1Br.Cl. The summed E-state index contributed by atoms with van der Waals surface area (Å²) in [6.45, 7) is 2.93. The highest BCUT2D eigenvalue weighted by atomic mass is 79.9. The van der Waals surface area contributed by atoms with Gasteiger partial charge in [0.05, 0.1) is 23.7 Å². The maximum Gasteiger partial charge on any atom is 0.237 e. The van der Waals surface area contributed by atoms with Gasteiger partial charge in [0.25, 0.3) is 0 Å². The van der Waals surface area contributed by atoms with Gasteiger partial charge in [-0.15, -0.1) is 12.4 Å². The first-order valence-corrected chi connectivity index (χ1v) is 7.78. The summed E-state index contributed by atoms with van der Waals surface area (Å²) in [5.41, 5.74) is 1.06. The van der Waals surface area contributed by atoms with Crippen molar-refractivity contribution in [1.29, 1.82) is 0 Å². The minimum Gasteiger partial charge on any atom is -0.496 e. The van der Waals surface area contributed by atoms with E-state index in [1.54, 1.807) is 7.11 Å². The van der Waals surface area contributed by atoms with Crippen molar-refractivity contribution in [1.82, 2.24) is 10.6 Å². The fourth-order valence-corrected chi connectivity index (χ4v) is 2.98. The second-order valence-corrected chi connectivity index (χ2v) is 5.98. The maximum absolute atomic E-state index is 12.2. The quantitative estimate of drug-likeness (QED) is 0.847. The number of nitrogens with one attached hydrogen (secondary N) is 2. The highest BCUT2D eigenvalue weighted by Crippen LogP contribution is 2.28. The molecule has 0 aromatic heterocycles. The fourth-order valence-electron chi connectivity index (χ4n) is 2.42. The van der Waals surface area contributed by atoms with E-state index in [0.717, 1.165) is 41.6 Å². The number of hydrogen-bond acceptors (Lipinski definition) is 3. The number of rotatable bonds is 4. The molecule has 0 spiro atoms. The number of carbonyl (C=O) groups is 1. The Labute approximate surface area is 140 Å². The topological polar surface area (TPSA) is 50.4 Å². The normalized spacial score (nSPS) is 19.3. The van der Waals surface area contributed by atoms with Gasteiger partial charge < -0.3 is 15.4 Å². The van der Waals surface area contributed by atoms with Crippen LogP contribution in [0.25, 0.3) is 0 Å². The summed E-state index contributed by atoms with van der Waals surface area (Å²) in [5.74, 6) is 0.880. The Morgan fingerprint density at radius 1 is 1.48 bits per heavy atom. The maximum atomic E-state index is 12.2. The van der Waals surface area contributed by atoms with E-state index in [1.165, 1.54) is 0 Å². The Hall–Kier alpha value is -0.780. The molecule has 6 heteroatoms. The molecule has 118 valence electrons. The Morgan fingerprint density at radius 3 is 2.81 bits per heavy atom. The van der Waals surface area contributed by atoms with E-state index in [1.807, 2.05) is 25.1 Å². The van der Waals surface area contributed by atoms with Crippen LogP contribution in [0, 0.1) is 0 Å². The minimum absolute atomic E-state index is 0. The predicted octanol–water partition coefficient (Wildman–Crippen LogP) is 3.20. The largest absolute Gasteiger partial charge is 0.496 e. The van der Waals surface area contributed by atoms with Gasteiger partial charge in [-0.05, 0) is 59.9 Å². The lowest BCUT2D eigenvalue weighted by Gasteiger charge is -2.25. The average molecular weight is 378 g/mol. The van der Waals surface area contributed by atoms with Crippen molar-refractivity contribution in [3.63, 3.8) is 0 Å². The minimum atomic E-state index is -0.0483. The molecule has 1 amide bonds. The number of benzene rings is 1. The molecular formula is C15H22BrClN2O2. The van der Waals surface area contributed by atoms with Gasteiger partial charge in [0.2, 0.25) is 5.91 Å². The van der Waals surface area contributed by atoms with E-state index in [0.29, 0.717) is 0 Å². The Morgan fingerprint density at radius 2 is 2.24 bits per heavy atom. The van der Waals surface area contributed by atoms with Crippen molar-refractivity contribution in [3.8, 4) is 5.75 Å². The monoisotopic (exact) mass is 376 g/mol. The molecule has 2 atom stereocenters. The molecule has 0 saturated carbocycles. The van der Waals surface area contributed by atoms with E-state index < -0.39 is 0 Å². The van der Waals surface area contributed by atoms with Crippen LogP contribution in [0.2, 0.25) is 0 Å². The number of ether oxygens (including phenoxy) is 1. The molecule has 2 N–H and O–H groups in total. The highest BCUT2D eigenvalue weighted by molar-refractivity contribution is 9.10. The van der Waals surface area contributed by atoms with Crippen molar-refractivity contribution in [2.24, 2.45) is 0 Å². The molecule has 1 saturated heterocycles. The zero-order chi connectivity index (χ0) is 14.5. The lowest BCUT2D eigenvalue weighted by Crippen LogP contribution is -2.47. The average Bonchev–Trinajstić information content (AvgIpc) is 2.48. The molecule has 1 fully saturated rings. The van der Waals surface area contributed by atoms with Crippen molar-refractivity contribution in [2.75, 3.05) is 13.7 Å². The summed E-state index contributed by atoms with van der Waals surface area (Å²) in [5, 5.41) is 6.33. The third-order valence-electron chi connectivity index (χ3n) is 3.66. The Balaban J connectivity index is 0.00000220. The Kier molecular flexibility index (Phi) is 7.49. The summed E-state index contributed by atoms with van der Waals surface area (Å²) in [4.78, 5) is 12.2. The first-order valence-electron chi connectivity index (χ1n) is 6.99. The molecule has 0 bridgehead atoms. The number of amides is 1. The fraction of sp³-hybridized carbons (Fsp3) is 0.533. The number of carbonyl (C=O) groups excluding carboxylic acids is 1. The third kappa shape index (κ3) is 4.87. The molecule has 0 radical (unpaired) electrons. The first-order chi connectivity index (χ1) is 9.61. The van der Waals surface area contributed by atoms with Crippen LogP contribution >= 0.6 is 28.3 Å². The summed E-state index contributed by atoms with van der Waals surface area (Å²) >= 11 is 3.47. The second-order valence-electron chi connectivity index (χ2n) is 5.13. The molecule has 4 nitrogen and oxygen atoms in total. The predicted molar refractivity (Wildman–Crippen MR) is 90.1 cm³/mol. The van der Waals surface area contributed by atoms with E-state index in [9.17, 15) is 4.79 Å². The molecule has 1 aliphatic heterocycles. The van der Waals surface area contributed by atoms with Gasteiger partial charge in [-0.25, -0.2) is 0 Å².